The van der Waals surface area contributed by atoms with Gasteiger partial charge >= 0.3 is 0 Å². The van der Waals surface area contributed by atoms with Crippen LogP contribution in [-0.4, -0.2) is 13.1 Å². The zero-order chi connectivity index (χ0) is 13.2. The summed E-state index contributed by atoms with van der Waals surface area (Å²) in [7, 11) is 2.14. The molecular weight excluding hydrogens is 230 g/mol. The lowest BCUT2D eigenvalue weighted by molar-refractivity contribution is 0.270. The first kappa shape index (κ1) is 13.2. The third kappa shape index (κ3) is 2.72. The third-order valence-corrected chi connectivity index (χ3v) is 5.74. The molecule has 2 fully saturated rings. The molecule has 0 saturated heterocycles. The van der Waals surface area contributed by atoms with Crippen molar-refractivity contribution in [3.8, 4) is 0 Å². The molecule has 2 aliphatic carbocycles. The lowest BCUT2D eigenvalue weighted by Gasteiger charge is -2.30. The standard InChI is InChI=1S/C18H27N/c1-13(15-6-4-3-5-7-15)18(19-2)12-17-11-14-8-9-16(17)10-14/h3-7,13-14,16-19H,8-12H2,1-2H3. The normalized spacial score (nSPS) is 32.4. The van der Waals surface area contributed by atoms with Crippen molar-refractivity contribution in [3.63, 3.8) is 0 Å². The maximum absolute atomic E-state index is 3.59. The molecule has 1 nitrogen and oxygen atoms in total. The van der Waals surface area contributed by atoms with Gasteiger partial charge in [-0.3, -0.25) is 0 Å². The fourth-order valence-electron chi connectivity index (χ4n) is 4.55. The highest BCUT2D eigenvalue weighted by Crippen LogP contribution is 2.50. The van der Waals surface area contributed by atoms with Gasteiger partial charge in [0.25, 0.3) is 0 Å². The van der Waals surface area contributed by atoms with Gasteiger partial charge in [0.05, 0.1) is 0 Å². The Morgan fingerprint density at radius 1 is 1.16 bits per heavy atom. The predicted octanol–water partition coefficient (Wildman–Crippen LogP) is 4.20. The first-order valence-corrected chi connectivity index (χ1v) is 8.00. The van der Waals surface area contributed by atoms with Crippen LogP contribution in [0.4, 0.5) is 0 Å². The van der Waals surface area contributed by atoms with Crippen LogP contribution in [0, 0.1) is 17.8 Å². The highest BCUT2D eigenvalue weighted by atomic mass is 14.9. The summed E-state index contributed by atoms with van der Waals surface area (Å²) in [5.74, 6) is 3.72. The minimum atomic E-state index is 0.616. The van der Waals surface area contributed by atoms with Crippen LogP contribution in [0.1, 0.15) is 50.5 Å². The Hall–Kier alpha value is -0.820. The van der Waals surface area contributed by atoms with E-state index in [4.69, 9.17) is 0 Å². The van der Waals surface area contributed by atoms with Gasteiger partial charge in [0.1, 0.15) is 0 Å². The second kappa shape index (κ2) is 5.66. The Labute approximate surface area is 117 Å². The molecule has 0 radical (unpaired) electrons. The summed E-state index contributed by atoms with van der Waals surface area (Å²) in [6.45, 7) is 2.38. The zero-order valence-electron chi connectivity index (χ0n) is 12.3. The molecule has 5 atom stereocenters. The second-order valence-electron chi connectivity index (χ2n) is 6.77. The van der Waals surface area contributed by atoms with Crippen molar-refractivity contribution >= 4 is 0 Å². The topological polar surface area (TPSA) is 12.0 Å². The van der Waals surface area contributed by atoms with Gasteiger partial charge in [0.15, 0.2) is 0 Å². The fraction of sp³-hybridized carbons (Fsp3) is 0.667. The highest BCUT2D eigenvalue weighted by Gasteiger charge is 2.40. The highest BCUT2D eigenvalue weighted by molar-refractivity contribution is 5.20. The number of hydrogen-bond donors (Lipinski definition) is 1. The Kier molecular flexibility index (Phi) is 3.93. The van der Waals surface area contributed by atoms with E-state index >= 15 is 0 Å². The minimum Gasteiger partial charge on any atom is -0.316 e. The number of rotatable bonds is 5. The van der Waals surface area contributed by atoms with Crippen LogP contribution < -0.4 is 5.32 Å². The summed E-state index contributed by atoms with van der Waals surface area (Å²) < 4.78 is 0. The van der Waals surface area contributed by atoms with Crippen molar-refractivity contribution in [2.24, 2.45) is 17.8 Å². The predicted molar refractivity (Wildman–Crippen MR) is 81.3 cm³/mol. The summed E-state index contributed by atoms with van der Waals surface area (Å²) in [5.41, 5.74) is 1.48. The maximum Gasteiger partial charge on any atom is 0.0133 e. The van der Waals surface area contributed by atoms with Crippen molar-refractivity contribution in [3.05, 3.63) is 35.9 Å². The molecule has 1 aromatic rings. The van der Waals surface area contributed by atoms with E-state index < -0.39 is 0 Å². The van der Waals surface area contributed by atoms with Crippen LogP contribution >= 0.6 is 0 Å². The average molecular weight is 257 g/mol. The van der Waals surface area contributed by atoms with Gasteiger partial charge in [-0.25, -0.2) is 0 Å². The van der Waals surface area contributed by atoms with Gasteiger partial charge in [-0.2, -0.15) is 0 Å². The van der Waals surface area contributed by atoms with E-state index in [0.717, 1.165) is 17.8 Å². The van der Waals surface area contributed by atoms with Gasteiger partial charge in [-0.15, -0.1) is 0 Å². The van der Waals surface area contributed by atoms with Crippen LogP contribution in [0.5, 0.6) is 0 Å². The van der Waals surface area contributed by atoms with Gasteiger partial charge in [0.2, 0.25) is 0 Å². The molecule has 5 unspecified atom stereocenters. The Morgan fingerprint density at radius 3 is 2.53 bits per heavy atom. The number of benzene rings is 1. The summed E-state index contributed by atoms with van der Waals surface area (Å²) in [6, 6.07) is 11.6. The van der Waals surface area contributed by atoms with Crippen LogP contribution in [0.2, 0.25) is 0 Å². The molecule has 0 aliphatic heterocycles. The molecule has 0 spiro atoms. The molecular formula is C18H27N. The quantitative estimate of drug-likeness (QED) is 0.833. The largest absolute Gasteiger partial charge is 0.316 e. The summed E-state index contributed by atoms with van der Waals surface area (Å²) >= 11 is 0. The first-order chi connectivity index (χ1) is 9.28. The lowest BCUT2D eigenvalue weighted by atomic mass is 9.80. The molecule has 19 heavy (non-hydrogen) atoms. The van der Waals surface area contributed by atoms with Gasteiger partial charge in [0, 0.05) is 6.04 Å². The first-order valence-electron chi connectivity index (χ1n) is 8.00. The molecule has 2 saturated carbocycles. The molecule has 0 amide bonds. The van der Waals surface area contributed by atoms with E-state index in [1.165, 1.54) is 37.7 Å². The van der Waals surface area contributed by atoms with Crippen molar-refractivity contribution in [2.75, 3.05) is 7.05 Å². The number of fused-ring (bicyclic) bond motifs is 2. The smallest absolute Gasteiger partial charge is 0.0133 e. The molecule has 1 aromatic carbocycles. The number of nitrogens with one attached hydrogen (secondary N) is 1. The third-order valence-electron chi connectivity index (χ3n) is 5.74. The zero-order valence-corrected chi connectivity index (χ0v) is 12.3. The lowest BCUT2D eigenvalue weighted by Crippen LogP contribution is -2.34. The van der Waals surface area contributed by atoms with Crippen molar-refractivity contribution in [1.82, 2.24) is 5.32 Å². The minimum absolute atomic E-state index is 0.616. The van der Waals surface area contributed by atoms with E-state index in [9.17, 15) is 0 Å². The Morgan fingerprint density at radius 2 is 1.95 bits per heavy atom. The Balaban J connectivity index is 1.64. The molecule has 104 valence electrons. The molecule has 1 heteroatoms. The number of hydrogen-bond acceptors (Lipinski definition) is 1. The van der Waals surface area contributed by atoms with Crippen LogP contribution in [0.3, 0.4) is 0 Å². The second-order valence-corrected chi connectivity index (χ2v) is 6.77. The molecule has 0 heterocycles. The van der Waals surface area contributed by atoms with Crippen molar-refractivity contribution in [2.45, 2.75) is 51.0 Å². The van der Waals surface area contributed by atoms with Crippen LogP contribution in [-0.2, 0) is 0 Å². The van der Waals surface area contributed by atoms with Crippen LogP contribution in [0.25, 0.3) is 0 Å². The van der Waals surface area contributed by atoms with E-state index in [1.807, 2.05) is 0 Å². The molecule has 2 aliphatic rings. The van der Waals surface area contributed by atoms with Crippen LogP contribution in [0.15, 0.2) is 30.3 Å². The molecule has 3 rings (SSSR count). The summed E-state index contributed by atoms with van der Waals surface area (Å²) in [6.07, 6.45) is 7.42. The summed E-state index contributed by atoms with van der Waals surface area (Å²) in [5, 5.41) is 3.59. The summed E-state index contributed by atoms with van der Waals surface area (Å²) in [4.78, 5) is 0. The molecule has 0 aromatic heterocycles. The number of likely N-dealkylation sites (N-methyl/N-ethyl adjacent to an activating group) is 1. The molecule has 1 N–H and O–H groups in total. The van der Waals surface area contributed by atoms with Gasteiger partial charge in [-0.1, -0.05) is 43.7 Å². The SMILES string of the molecule is CNC(CC1CC2CCC1C2)C(C)c1ccccc1. The van der Waals surface area contributed by atoms with Gasteiger partial charge in [-0.05, 0) is 62.0 Å². The van der Waals surface area contributed by atoms with E-state index in [2.05, 4.69) is 49.6 Å². The molecule has 2 bridgehead atoms. The van der Waals surface area contributed by atoms with E-state index in [-0.39, 0.29) is 0 Å². The van der Waals surface area contributed by atoms with Crippen molar-refractivity contribution in [1.29, 1.82) is 0 Å². The fourth-order valence-corrected chi connectivity index (χ4v) is 4.55. The van der Waals surface area contributed by atoms with Gasteiger partial charge < -0.3 is 5.32 Å². The van der Waals surface area contributed by atoms with E-state index in [1.54, 1.807) is 0 Å². The maximum atomic E-state index is 3.59. The Bertz CT molecular complexity index is 399. The van der Waals surface area contributed by atoms with Crippen molar-refractivity contribution < 1.29 is 0 Å². The van der Waals surface area contributed by atoms with E-state index in [0.29, 0.717) is 12.0 Å². The monoisotopic (exact) mass is 257 g/mol. The average Bonchev–Trinajstić information content (AvgIpc) is 3.07.